The molecule has 3 N–H and O–H groups in total. The Kier molecular flexibility index (Phi) is 5.46. The van der Waals surface area contributed by atoms with E-state index >= 15 is 0 Å². The van der Waals surface area contributed by atoms with Gasteiger partial charge in [0.1, 0.15) is 0 Å². The number of hydrogen-bond donors (Lipinski definition) is 3. The van der Waals surface area contributed by atoms with Crippen LogP contribution in [0.25, 0.3) is 11.4 Å². The lowest BCUT2D eigenvalue weighted by molar-refractivity contribution is -0.137. The number of nitrogens with zero attached hydrogens (tertiary/aromatic N) is 3. The second kappa shape index (κ2) is 7.64. The topological polar surface area (TPSA) is 95.6 Å². The summed E-state index contributed by atoms with van der Waals surface area (Å²) in [6.45, 7) is 0. The van der Waals surface area contributed by atoms with E-state index in [2.05, 4.69) is 63.1 Å². The van der Waals surface area contributed by atoms with E-state index < -0.39 is 17.8 Å². The molecule has 0 aliphatic rings. The van der Waals surface area contributed by atoms with Crippen LogP contribution < -0.4 is 10.6 Å². The van der Waals surface area contributed by atoms with Crippen molar-refractivity contribution in [2.24, 2.45) is 0 Å². The van der Waals surface area contributed by atoms with Crippen molar-refractivity contribution in [2.45, 2.75) is 6.18 Å². The average Bonchev–Trinajstić information content (AvgIpc) is 3.11. The summed E-state index contributed by atoms with van der Waals surface area (Å²) >= 11 is 6.68. The van der Waals surface area contributed by atoms with Crippen molar-refractivity contribution in [3.05, 3.63) is 50.9 Å². The maximum absolute atomic E-state index is 12.6. The Morgan fingerprint density at radius 2 is 1.78 bits per heavy atom. The number of aromatic amines is 1. The van der Waals surface area contributed by atoms with Crippen LogP contribution in [0, 0.1) is 0 Å². The van der Waals surface area contributed by atoms with Crippen LogP contribution in [0.2, 0.25) is 0 Å². The molecule has 0 unspecified atom stereocenters. The van der Waals surface area contributed by atoms with Crippen LogP contribution >= 0.6 is 31.9 Å². The summed E-state index contributed by atoms with van der Waals surface area (Å²) in [7, 11) is 0. The number of urea groups is 1. The highest BCUT2D eigenvalue weighted by Crippen LogP contribution is 2.36. The van der Waals surface area contributed by atoms with Gasteiger partial charge in [-0.3, -0.25) is 0 Å². The number of rotatable bonds is 3. The number of alkyl halides is 3. The summed E-state index contributed by atoms with van der Waals surface area (Å²) in [6, 6.07) is 6.84. The van der Waals surface area contributed by atoms with E-state index in [1.165, 1.54) is 12.1 Å². The van der Waals surface area contributed by atoms with Crippen molar-refractivity contribution in [3.8, 4) is 11.4 Å². The molecule has 7 nitrogen and oxygen atoms in total. The summed E-state index contributed by atoms with van der Waals surface area (Å²) in [5.74, 6) is 0.252. The molecule has 0 saturated heterocycles. The van der Waals surface area contributed by atoms with Gasteiger partial charge in [0, 0.05) is 20.2 Å². The van der Waals surface area contributed by atoms with Crippen LogP contribution in [0.15, 0.2) is 45.3 Å². The van der Waals surface area contributed by atoms with Gasteiger partial charge in [0.2, 0.25) is 5.82 Å². The third-order valence-electron chi connectivity index (χ3n) is 3.35. The average molecular weight is 506 g/mol. The van der Waals surface area contributed by atoms with Gasteiger partial charge in [0.05, 0.1) is 11.3 Å². The van der Waals surface area contributed by atoms with E-state index in [1.807, 2.05) is 0 Å². The first-order valence-electron chi connectivity index (χ1n) is 7.22. The largest absolute Gasteiger partial charge is 0.416 e. The minimum atomic E-state index is -4.44. The zero-order valence-corrected chi connectivity index (χ0v) is 16.3. The van der Waals surface area contributed by atoms with Crippen molar-refractivity contribution < 1.29 is 18.0 Å². The van der Waals surface area contributed by atoms with Crippen LogP contribution in [0.4, 0.5) is 29.3 Å². The van der Waals surface area contributed by atoms with Gasteiger partial charge < -0.3 is 10.6 Å². The van der Waals surface area contributed by atoms with Gasteiger partial charge in [0.25, 0.3) is 0 Å². The van der Waals surface area contributed by atoms with Crippen molar-refractivity contribution in [1.29, 1.82) is 0 Å². The third kappa shape index (κ3) is 4.63. The summed E-state index contributed by atoms with van der Waals surface area (Å²) in [5.41, 5.74) is 0.245. The zero-order chi connectivity index (χ0) is 19.6. The van der Waals surface area contributed by atoms with Crippen LogP contribution in [-0.2, 0) is 6.18 Å². The van der Waals surface area contributed by atoms with Gasteiger partial charge in [-0.25, -0.2) is 4.79 Å². The molecule has 0 bridgehead atoms. The van der Waals surface area contributed by atoms with Gasteiger partial charge in [-0.2, -0.15) is 18.4 Å². The number of carbonyl (C=O) groups is 1. The molecular formula is C15H9Br2F3N6O. The molecule has 3 rings (SSSR count). The third-order valence-corrected chi connectivity index (χ3v) is 4.43. The summed E-state index contributed by atoms with van der Waals surface area (Å²) < 4.78 is 39.0. The number of tetrazole rings is 1. The molecule has 0 saturated carbocycles. The Morgan fingerprint density at radius 3 is 2.37 bits per heavy atom. The second-order valence-corrected chi connectivity index (χ2v) is 6.97. The number of aromatic nitrogens is 4. The predicted octanol–water partition coefficient (Wildman–Crippen LogP) is 5.05. The molecule has 3 aromatic rings. The Morgan fingerprint density at radius 1 is 1.07 bits per heavy atom. The number of benzene rings is 2. The van der Waals surface area contributed by atoms with Gasteiger partial charge in [-0.15, -0.1) is 10.2 Å². The molecule has 2 aromatic carbocycles. The lowest BCUT2D eigenvalue weighted by atomic mass is 10.1. The summed E-state index contributed by atoms with van der Waals surface area (Å²) in [4.78, 5) is 12.3. The fourth-order valence-corrected chi connectivity index (χ4v) is 3.50. The van der Waals surface area contributed by atoms with E-state index in [0.717, 1.165) is 12.1 Å². The highest BCUT2D eigenvalue weighted by atomic mass is 79.9. The first-order chi connectivity index (χ1) is 12.7. The van der Waals surface area contributed by atoms with Gasteiger partial charge in [-0.05, 0) is 57.5 Å². The minimum absolute atomic E-state index is 0.204. The Hall–Kier alpha value is -2.47. The molecule has 0 aliphatic heterocycles. The smallest absolute Gasteiger partial charge is 0.308 e. The van der Waals surface area contributed by atoms with Crippen molar-refractivity contribution >= 4 is 49.3 Å². The number of hydrogen-bond acceptors (Lipinski definition) is 4. The molecule has 2 amide bonds. The highest BCUT2D eigenvalue weighted by molar-refractivity contribution is 9.11. The van der Waals surface area contributed by atoms with Crippen molar-refractivity contribution in [2.75, 3.05) is 10.6 Å². The molecule has 0 aliphatic carbocycles. The number of anilines is 2. The lowest BCUT2D eigenvalue weighted by Gasteiger charge is -2.13. The molecule has 1 heterocycles. The summed E-state index contributed by atoms with van der Waals surface area (Å²) in [6.07, 6.45) is -4.44. The van der Waals surface area contributed by atoms with E-state index in [-0.39, 0.29) is 11.5 Å². The molecule has 0 radical (unpaired) electrons. The highest BCUT2D eigenvalue weighted by Gasteiger charge is 2.30. The van der Waals surface area contributed by atoms with Crippen molar-refractivity contribution in [3.63, 3.8) is 0 Å². The van der Waals surface area contributed by atoms with Crippen LogP contribution in [0.3, 0.4) is 0 Å². The Balaban J connectivity index is 1.80. The quantitative estimate of drug-likeness (QED) is 0.464. The Labute approximate surface area is 167 Å². The molecular weight excluding hydrogens is 497 g/mol. The number of amides is 2. The SMILES string of the molecule is O=C(Nc1ccc(C(F)(F)F)cc1)Nc1c(Br)cc(Br)cc1-c1nn[nH]n1. The van der Waals surface area contributed by atoms with Crippen LogP contribution in [0.1, 0.15) is 5.56 Å². The molecule has 27 heavy (non-hydrogen) atoms. The van der Waals surface area contributed by atoms with Gasteiger partial charge in [0.15, 0.2) is 0 Å². The zero-order valence-electron chi connectivity index (χ0n) is 13.1. The molecule has 1 aromatic heterocycles. The predicted molar refractivity (Wildman–Crippen MR) is 99.1 cm³/mol. The second-order valence-electron chi connectivity index (χ2n) is 5.20. The number of halogens is 5. The standard InChI is InChI=1S/C15H9Br2F3N6O/c16-8-5-10(13-23-25-26-24-13)12(11(17)6-8)22-14(27)21-9-3-1-7(2-4-9)15(18,19)20/h1-6H,(H2,21,22,27)(H,23,24,25,26). The molecule has 0 fully saturated rings. The fourth-order valence-electron chi connectivity index (χ4n) is 2.17. The van der Waals surface area contributed by atoms with E-state index in [1.54, 1.807) is 12.1 Å². The van der Waals surface area contributed by atoms with Crippen LogP contribution in [0.5, 0.6) is 0 Å². The first kappa shape index (κ1) is 19.3. The first-order valence-corrected chi connectivity index (χ1v) is 8.81. The van der Waals surface area contributed by atoms with Gasteiger partial charge in [-0.1, -0.05) is 15.9 Å². The van der Waals surface area contributed by atoms with Crippen molar-refractivity contribution in [1.82, 2.24) is 20.6 Å². The van der Waals surface area contributed by atoms with Gasteiger partial charge >= 0.3 is 12.2 Å². The number of nitrogens with one attached hydrogen (secondary N) is 3. The monoisotopic (exact) mass is 504 g/mol. The maximum Gasteiger partial charge on any atom is 0.416 e. The maximum atomic E-state index is 12.6. The number of carbonyl (C=O) groups excluding carboxylic acids is 1. The fraction of sp³-hybridized carbons (Fsp3) is 0.0667. The molecule has 12 heteroatoms. The lowest BCUT2D eigenvalue weighted by Crippen LogP contribution is -2.20. The van der Waals surface area contributed by atoms with E-state index in [9.17, 15) is 18.0 Å². The molecule has 0 spiro atoms. The molecule has 0 atom stereocenters. The number of H-pyrrole nitrogens is 1. The minimum Gasteiger partial charge on any atom is -0.308 e. The normalized spacial score (nSPS) is 11.3. The Bertz CT molecular complexity index is 961. The van der Waals surface area contributed by atoms with E-state index in [4.69, 9.17) is 0 Å². The van der Waals surface area contributed by atoms with Crippen LogP contribution in [-0.4, -0.2) is 26.7 Å². The molecule has 140 valence electrons. The van der Waals surface area contributed by atoms with E-state index in [0.29, 0.717) is 20.2 Å². The summed E-state index contributed by atoms with van der Waals surface area (Å²) in [5, 5.41) is 18.7.